The highest BCUT2D eigenvalue weighted by Crippen LogP contribution is 2.33. The van der Waals surface area contributed by atoms with Gasteiger partial charge in [0, 0.05) is 12.3 Å². The zero-order valence-corrected chi connectivity index (χ0v) is 18.3. The molecule has 0 fully saturated rings. The quantitative estimate of drug-likeness (QED) is 0.552. The standard InChI is InChI=1S/C23H22N2O5S/c1-14-8-9-18(15(2)10-14)25(16(3)26)23-24-17(13-31-23)11-29-22(27)21-12-28-19-6-4-5-7-20(19)30-21/h4-10,13,21H,11-12H2,1-3H3. The number of nitrogens with zero attached hydrogens (tertiary/aromatic N) is 2. The van der Waals surface area contributed by atoms with Crippen LogP contribution in [0.3, 0.4) is 0 Å². The smallest absolute Gasteiger partial charge is 0.351 e. The molecule has 1 aromatic heterocycles. The van der Waals surface area contributed by atoms with E-state index < -0.39 is 12.1 Å². The number of benzene rings is 2. The number of para-hydroxylation sites is 2. The van der Waals surface area contributed by atoms with Gasteiger partial charge in [0.25, 0.3) is 0 Å². The molecule has 1 aliphatic heterocycles. The number of aromatic nitrogens is 1. The van der Waals surface area contributed by atoms with E-state index in [9.17, 15) is 9.59 Å². The second kappa shape index (κ2) is 8.77. The van der Waals surface area contributed by atoms with Crippen LogP contribution in [-0.4, -0.2) is 29.6 Å². The Balaban J connectivity index is 1.42. The molecule has 0 saturated carbocycles. The fraction of sp³-hybridized carbons (Fsp3) is 0.261. The first-order valence-electron chi connectivity index (χ1n) is 9.80. The molecule has 0 N–H and O–H groups in total. The van der Waals surface area contributed by atoms with Crippen LogP contribution >= 0.6 is 11.3 Å². The van der Waals surface area contributed by atoms with E-state index in [4.69, 9.17) is 14.2 Å². The van der Waals surface area contributed by atoms with Crippen LogP contribution < -0.4 is 14.4 Å². The van der Waals surface area contributed by atoms with Crippen molar-refractivity contribution in [3.05, 3.63) is 64.7 Å². The highest BCUT2D eigenvalue weighted by Gasteiger charge is 2.29. The van der Waals surface area contributed by atoms with Crippen LogP contribution in [0.2, 0.25) is 0 Å². The maximum Gasteiger partial charge on any atom is 0.351 e. The van der Waals surface area contributed by atoms with Gasteiger partial charge in [-0.15, -0.1) is 11.3 Å². The van der Waals surface area contributed by atoms with Crippen molar-refractivity contribution in [1.82, 2.24) is 4.98 Å². The third kappa shape index (κ3) is 4.54. The zero-order chi connectivity index (χ0) is 22.0. The largest absolute Gasteiger partial charge is 0.485 e. The van der Waals surface area contributed by atoms with E-state index in [-0.39, 0.29) is 19.1 Å². The number of esters is 1. The van der Waals surface area contributed by atoms with Crippen LogP contribution in [0.25, 0.3) is 0 Å². The molecule has 2 heterocycles. The van der Waals surface area contributed by atoms with Crippen molar-refractivity contribution in [2.75, 3.05) is 11.5 Å². The fourth-order valence-corrected chi connectivity index (χ4v) is 4.17. The van der Waals surface area contributed by atoms with Crippen molar-refractivity contribution in [2.45, 2.75) is 33.5 Å². The summed E-state index contributed by atoms with van der Waals surface area (Å²) in [4.78, 5) is 30.8. The van der Waals surface area contributed by atoms with Crippen molar-refractivity contribution >= 4 is 34.0 Å². The molecule has 2 aromatic carbocycles. The molecule has 0 saturated heterocycles. The van der Waals surface area contributed by atoms with Crippen molar-refractivity contribution in [3.8, 4) is 11.5 Å². The van der Waals surface area contributed by atoms with E-state index in [2.05, 4.69) is 4.98 Å². The maximum absolute atomic E-state index is 12.4. The molecule has 1 unspecified atom stereocenters. The summed E-state index contributed by atoms with van der Waals surface area (Å²) in [5.41, 5.74) is 3.44. The minimum atomic E-state index is -0.836. The lowest BCUT2D eigenvalue weighted by molar-refractivity contribution is -0.156. The molecule has 160 valence electrons. The molecular formula is C23H22N2O5S. The summed E-state index contributed by atoms with van der Waals surface area (Å²) in [5, 5.41) is 2.30. The summed E-state index contributed by atoms with van der Waals surface area (Å²) in [6.45, 7) is 5.53. The van der Waals surface area contributed by atoms with Crippen molar-refractivity contribution in [2.24, 2.45) is 0 Å². The Labute approximate surface area is 184 Å². The highest BCUT2D eigenvalue weighted by atomic mass is 32.1. The Morgan fingerprint density at radius 3 is 2.71 bits per heavy atom. The van der Waals surface area contributed by atoms with Gasteiger partial charge in [-0.25, -0.2) is 9.78 Å². The first-order valence-corrected chi connectivity index (χ1v) is 10.7. The number of aryl methyl sites for hydroxylation is 2. The van der Waals surface area contributed by atoms with Crippen LogP contribution in [0.5, 0.6) is 11.5 Å². The van der Waals surface area contributed by atoms with Crippen LogP contribution in [0, 0.1) is 13.8 Å². The molecule has 0 radical (unpaired) electrons. The average Bonchev–Trinajstić information content (AvgIpc) is 3.21. The van der Waals surface area contributed by atoms with Crippen molar-refractivity contribution < 1.29 is 23.8 Å². The summed E-state index contributed by atoms with van der Waals surface area (Å²) < 4.78 is 16.6. The van der Waals surface area contributed by atoms with E-state index in [0.717, 1.165) is 16.8 Å². The zero-order valence-electron chi connectivity index (χ0n) is 17.5. The molecule has 4 rings (SSSR count). The predicted octanol–water partition coefficient (Wildman–Crippen LogP) is 4.33. The number of hydrogen-bond acceptors (Lipinski definition) is 7. The van der Waals surface area contributed by atoms with Crippen LogP contribution in [0.15, 0.2) is 47.8 Å². The number of anilines is 2. The number of amides is 1. The summed E-state index contributed by atoms with van der Waals surface area (Å²) >= 11 is 1.32. The SMILES string of the molecule is CC(=O)N(c1nc(COC(=O)C2COc3ccccc3O2)cs1)c1ccc(C)cc1C. The number of hydrogen-bond donors (Lipinski definition) is 0. The van der Waals surface area contributed by atoms with E-state index >= 15 is 0 Å². The van der Waals surface area contributed by atoms with Gasteiger partial charge in [0.05, 0.1) is 11.4 Å². The molecular weight excluding hydrogens is 416 g/mol. The fourth-order valence-electron chi connectivity index (χ4n) is 3.30. The second-order valence-corrected chi connectivity index (χ2v) is 8.07. The number of carbonyl (C=O) groups excluding carboxylic acids is 2. The van der Waals surface area contributed by atoms with E-state index in [1.165, 1.54) is 18.3 Å². The second-order valence-electron chi connectivity index (χ2n) is 7.24. The topological polar surface area (TPSA) is 78.0 Å². The maximum atomic E-state index is 12.4. The number of ether oxygens (including phenoxy) is 3. The lowest BCUT2D eigenvalue weighted by Gasteiger charge is -2.24. The molecule has 0 aliphatic carbocycles. The number of fused-ring (bicyclic) bond motifs is 1. The van der Waals surface area contributed by atoms with Gasteiger partial charge in [0.2, 0.25) is 12.0 Å². The van der Waals surface area contributed by atoms with Gasteiger partial charge in [0.15, 0.2) is 16.6 Å². The Bertz CT molecular complexity index is 1130. The minimum absolute atomic E-state index is 0.0184. The summed E-state index contributed by atoms with van der Waals surface area (Å²) in [5.74, 6) is 0.446. The van der Waals surface area contributed by atoms with Gasteiger partial charge in [-0.2, -0.15) is 0 Å². The summed E-state index contributed by atoms with van der Waals surface area (Å²) in [7, 11) is 0. The molecule has 8 heteroatoms. The third-order valence-electron chi connectivity index (χ3n) is 4.77. The number of thiazole rings is 1. The van der Waals surface area contributed by atoms with Crippen LogP contribution in [0.1, 0.15) is 23.7 Å². The lowest BCUT2D eigenvalue weighted by atomic mass is 10.1. The monoisotopic (exact) mass is 438 g/mol. The molecule has 1 aliphatic rings. The van der Waals surface area contributed by atoms with Gasteiger partial charge >= 0.3 is 5.97 Å². The average molecular weight is 439 g/mol. The van der Waals surface area contributed by atoms with Gasteiger partial charge in [-0.05, 0) is 37.6 Å². The molecule has 0 spiro atoms. The Morgan fingerprint density at radius 2 is 1.97 bits per heavy atom. The van der Waals surface area contributed by atoms with E-state index in [1.54, 1.807) is 22.4 Å². The number of rotatable bonds is 5. The Hall–Kier alpha value is -3.39. The molecule has 1 amide bonds. The van der Waals surface area contributed by atoms with E-state index in [0.29, 0.717) is 22.3 Å². The first kappa shape index (κ1) is 20.9. The Kier molecular flexibility index (Phi) is 5.90. The van der Waals surface area contributed by atoms with Gasteiger partial charge in [-0.1, -0.05) is 29.8 Å². The van der Waals surface area contributed by atoms with E-state index in [1.807, 2.05) is 44.2 Å². The van der Waals surface area contributed by atoms with Crippen LogP contribution in [0.4, 0.5) is 10.8 Å². The molecule has 31 heavy (non-hydrogen) atoms. The minimum Gasteiger partial charge on any atom is -0.485 e. The van der Waals surface area contributed by atoms with Gasteiger partial charge in [-0.3, -0.25) is 9.69 Å². The first-order chi connectivity index (χ1) is 14.9. The van der Waals surface area contributed by atoms with Crippen LogP contribution in [-0.2, 0) is 20.9 Å². The van der Waals surface area contributed by atoms with Gasteiger partial charge < -0.3 is 14.2 Å². The Morgan fingerprint density at radius 1 is 1.19 bits per heavy atom. The third-order valence-corrected chi connectivity index (χ3v) is 5.65. The number of carbonyl (C=O) groups is 2. The molecule has 0 bridgehead atoms. The van der Waals surface area contributed by atoms with Crippen molar-refractivity contribution in [3.63, 3.8) is 0 Å². The van der Waals surface area contributed by atoms with Crippen molar-refractivity contribution in [1.29, 1.82) is 0 Å². The normalized spacial score (nSPS) is 14.7. The van der Waals surface area contributed by atoms with Gasteiger partial charge in [0.1, 0.15) is 13.2 Å². The summed E-state index contributed by atoms with van der Waals surface area (Å²) in [6.07, 6.45) is -0.836. The molecule has 1 atom stereocenters. The molecule has 7 nitrogen and oxygen atoms in total. The summed E-state index contributed by atoms with van der Waals surface area (Å²) in [6, 6.07) is 13.1. The highest BCUT2D eigenvalue weighted by molar-refractivity contribution is 7.14. The lowest BCUT2D eigenvalue weighted by Crippen LogP contribution is -2.37. The predicted molar refractivity (Wildman–Crippen MR) is 117 cm³/mol. The molecule has 3 aromatic rings.